The third-order valence-electron chi connectivity index (χ3n) is 8.10. The molecule has 0 spiro atoms. The summed E-state index contributed by atoms with van der Waals surface area (Å²) in [5, 5.41) is 13.7. The number of hydrogen-bond donors (Lipinski definition) is 2. The van der Waals surface area contributed by atoms with Crippen molar-refractivity contribution in [2.24, 2.45) is 0 Å². The SMILES string of the molecule is CC1(C)OCc2cc(C(O)CNCCCCCCOCCCCc3cccc(S(=O)(=O)C4CCCC4)c3)ccc2O1. The van der Waals surface area contributed by atoms with Gasteiger partial charge in [0, 0.05) is 39.2 Å². The van der Waals surface area contributed by atoms with Crippen molar-refractivity contribution in [2.75, 3.05) is 26.3 Å². The minimum Gasteiger partial charge on any atom is -0.463 e. The average molecular weight is 588 g/mol. The van der Waals surface area contributed by atoms with E-state index in [9.17, 15) is 13.5 Å². The Morgan fingerprint density at radius 3 is 2.56 bits per heavy atom. The summed E-state index contributed by atoms with van der Waals surface area (Å²) in [6.45, 7) is 7.22. The summed E-state index contributed by atoms with van der Waals surface area (Å²) < 4.78 is 43.1. The van der Waals surface area contributed by atoms with Crippen LogP contribution in [-0.4, -0.2) is 50.9 Å². The van der Waals surface area contributed by atoms with Gasteiger partial charge in [-0.25, -0.2) is 8.42 Å². The van der Waals surface area contributed by atoms with Crippen LogP contribution in [0.5, 0.6) is 5.75 Å². The lowest BCUT2D eigenvalue weighted by atomic mass is 10.0. The normalized spacial score (nSPS) is 17.7. The highest BCUT2D eigenvalue weighted by Crippen LogP contribution is 2.33. The lowest BCUT2D eigenvalue weighted by Crippen LogP contribution is -2.35. The number of unbranched alkanes of at least 4 members (excludes halogenated alkanes) is 4. The smallest absolute Gasteiger partial charge is 0.205 e. The molecule has 4 rings (SSSR count). The van der Waals surface area contributed by atoms with E-state index in [1.54, 1.807) is 6.07 Å². The van der Waals surface area contributed by atoms with E-state index in [-0.39, 0.29) is 5.25 Å². The molecule has 2 aliphatic rings. The van der Waals surface area contributed by atoms with Crippen LogP contribution in [0.1, 0.15) is 101 Å². The Bertz CT molecular complexity index is 1190. The number of aryl methyl sites for hydroxylation is 1. The Kier molecular flexibility index (Phi) is 12.1. The molecule has 41 heavy (non-hydrogen) atoms. The molecule has 2 aromatic rings. The second-order valence-corrected chi connectivity index (χ2v) is 14.2. The lowest BCUT2D eigenvalue weighted by Gasteiger charge is -2.33. The monoisotopic (exact) mass is 587 g/mol. The van der Waals surface area contributed by atoms with Gasteiger partial charge in [0.1, 0.15) is 5.75 Å². The zero-order valence-corrected chi connectivity index (χ0v) is 25.7. The predicted molar refractivity (Wildman–Crippen MR) is 162 cm³/mol. The van der Waals surface area contributed by atoms with Crippen LogP contribution in [0.3, 0.4) is 0 Å². The van der Waals surface area contributed by atoms with Crippen molar-refractivity contribution in [3.05, 3.63) is 59.2 Å². The molecule has 1 aliphatic heterocycles. The molecule has 228 valence electrons. The topological polar surface area (TPSA) is 94.1 Å². The molecular formula is C33H49NO6S. The van der Waals surface area contributed by atoms with Crippen LogP contribution < -0.4 is 10.1 Å². The highest BCUT2D eigenvalue weighted by molar-refractivity contribution is 7.92. The fraction of sp³-hybridized carbons (Fsp3) is 0.636. The van der Waals surface area contributed by atoms with Gasteiger partial charge < -0.3 is 24.6 Å². The van der Waals surface area contributed by atoms with E-state index in [4.69, 9.17) is 14.2 Å². The zero-order chi connectivity index (χ0) is 29.1. The van der Waals surface area contributed by atoms with Crippen molar-refractivity contribution in [1.29, 1.82) is 0 Å². The quantitative estimate of drug-likeness (QED) is 0.211. The Hall–Kier alpha value is -1.97. The van der Waals surface area contributed by atoms with Crippen LogP contribution >= 0.6 is 0 Å². The van der Waals surface area contributed by atoms with Crippen LogP contribution in [0.2, 0.25) is 0 Å². The van der Waals surface area contributed by atoms with Crippen molar-refractivity contribution in [3.63, 3.8) is 0 Å². The molecule has 1 aliphatic carbocycles. The first-order valence-electron chi connectivity index (χ1n) is 15.5. The molecule has 1 heterocycles. The van der Waals surface area contributed by atoms with Crippen LogP contribution in [-0.2, 0) is 32.3 Å². The fourth-order valence-electron chi connectivity index (χ4n) is 5.63. The number of hydrogen-bond acceptors (Lipinski definition) is 7. The van der Waals surface area contributed by atoms with Crippen molar-refractivity contribution < 1.29 is 27.7 Å². The summed E-state index contributed by atoms with van der Waals surface area (Å²) >= 11 is 0. The van der Waals surface area contributed by atoms with E-state index < -0.39 is 21.7 Å². The molecule has 1 unspecified atom stereocenters. The van der Waals surface area contributed by atoms with Crippen LogP contribution in [0.15, 0.2) is 47.4 Å². The summed E-state index contributed by atoms with van der Waals surface area (Å²) in [4.78, 5) is 0.495. The van der Waals surface area contributed by atoms with Gasteiger partial charge in [0.2, 0.25) is 5.79 Å². The minimum absolute atomic E-state index is 0.194. The van der Waals surface area contributed by atoms with E-state index in [0.29, 0.717) is 18.0 Å². The van der Waals surface area contributed by atoms with Crippen LogP contribution in [0, 0.1) is 0 Å². The van der Waals surface area contributed by atoms with Gasteiger partial charge in [0.15, 0.2) is 9.84 Å². The maximum atomic E-state index is 12.9. The van der Waals surface area contributed by atoms with Crippen molar-refractivity contribution >= 4 is 9.84 Å². The number of ether oxygens (including phenoxy) is 3. The van der Waals surface area contributed by atoms with Gasteiger partial charge in [-0.3, -0.25) is 0 Å². The molecule has 2 aromatic carbocycles. The fourth-order valence-corrected chi connectivity index (χ4v) is 7.56. The number of aliphatic hydroxyl groups excluding tert-OH is 1. The summed E-state index contributed by atoms with van der Waals surface area (Å²) in [5.74, 6) is 0.210. The van der Waals surface area contributed by atoms with Gasteiger partial charge in [-0.2, -0.15) is 0 Å². The van der Waals surface area contributed by atoms with E-state index >= 15 is 0 Å². The maximum absolute atomic E-state index is 12.9. The second kappa shape index (κ2) is 15.5. The lowest BCUT2D eigenvalue weighted by molar-refractivity contribution is -0.180. The molecule has 0 radical (unpaired) electrons. The van der Waals surface area contributed by atoms with Gasteiger partial charge in [-0.1, -0.05) is 43.9 Å². The maximum Gasteiger partial charge on any atom is 0.205 e. The molecule has 1 fully saturated rings. The highest BCUT2D eigenvalue weighted by Gasteiger charge is 2.30. The van der Waals surface area contributed by atoms with Crippen molar-refractivity contribution in [2.45, 2.75) is 113 Å². The molecule has 0 bridgehead atoms. The average Bonchev–Trinajstić information content (AvgIpc) is 3.51. The second-order valence-electron chi connectivity index (χ2n) is 12.0. The Labute approximate surface area is 246 Å². The first kappa shape index (κ1) is 32.0. The molecule has 0 aromatic heterocycles. The number of nitrogens with one attached hydrogen (secondary N) is 1. The predicted octanol–water partition coefficient (Wildman–Crippen LogP) is 6.27. The molecule has 1 atom stereocenters. The van der Waals surface area contributed by atoms with E-state index in [2.05, 4.69) is 5.32 Å². The summed E-state index contributed by atoms with van der Waals surface area (Å²) in [6, 6.07) is 13.4. The number of benzene rings is 2. The van der Waals surface area contributed by atoms with Gasteiger partial charge in [0.25, 0.3) is 0 Å². The van der Waals surface area contributed by atoms with Crippen LogP contribution in [0.25, 0.3) is 0 Å². The number of rotatable bonds is 17. The van der Waals surface area contributed by atoms with Crippen LogP contribution in [0.4, 0.5) is 0 Å². The van der Waals surface area contributed by atoms with Gasteiger partial charge in [0.05, 0.1) is 22.9 Å². The van der Waals surface area contributed by atoms with Crippen molar-refractivity contribution in [1.82, 2.24) is 5.32 Å². The minimum atomic E-state index is -3.19. The molecule has 1 saturated carbocycles. The molecule has 0 amide bonds. The molecule has 0 saturated heterocycles. The first-order valence-corrected chi connectivity index (χ1v) is 17.0. The molecular weight excluding hydrogens is 538 g/mol. The standard InChI is InChI=1S/C33H49NO6S/c1-33(2)39-25-28-23-27(17-18-32(28)40-33)31(35)24-34-19-8-3-4-9-20-38-21-10-7-12-26-13-11-16-30(22-26)41(36,37)29-14-5-6-15-29/h11,13,16-18,22-23,29,31,34-35H,3-10,12,14-15,19-21,24-25H2,1-2H3. The van der Waals surface area contributed by atoms with E-state index in [1.807, 2.05) is 50.2 Å². The first-order chi connectivity index (χ1) is 19.7. The number of fused-ring (bicyclic) bond motifs is 1. The largest absolute Gasteiger partial charge is 0.463 e. The van der Waals surface area contributed by atoms with E-state index in [0.717, 1.165) is 113 Å². The summed E-state index contributed by atoms with van der Waals surface area (Å²) in [5.41, 5.74) is 2.95. The van der Waals surface area contributed by atoms with E-state index in [1.165, 1.54) is 0 Å². The van der Waals surface area contributed by atoms with Gasteiger partial charge in [-0.05, 0) is 86.9 Å². The third-order valence-corrected chi connectivity index (χ3v) is 10.4. The Morgan fingerprint density at radius 2 is 1.76 bits per heavy atom. The van der Waals surface area contributed by atoms with Gasteiger partial charge >= 0.3 is 0 Å². The number of sulfone groups is 1. The molecule has 2 N–H and O–H groups in total. The third kappa shape index (κ3) is 9.79. The zero-order valence-electron chi connectivity index (χ0n) is 24.9. The molecule has 8 heteroatoms. The van der Waals surface area contributed by atoms with Gasteiger partial charge in [-0.15, -0.1) is 0 Å². The Morgan fingerprint density at radius 1 is 1.00 bits per heavy atom. The summed E-state index contributed by atoms with van der Waals surface area (Å²) in [6.07, 6.45) is 10.3. The Balaban J connectivity index is 0.987. The molecule has 7 nitrogen and oxygen atoms in total. The van der Waals surface area contributed by atoms with Crippen molar-refractivity contribution in [3.8, 4) is 5.75 Å². The summed E-state index contributed by atoms with van der Waals surface area (Å²) in [7, 11) is -3.19. The highest BCUT2D eigenvalue weighted by atomic mass is 32.2. The number of aliphatic hydroxyl groups is 1.